The molecule has 0 radical (unpaired) electrons. The molecule has 0 aromatic carbocycles. The predicted molar refractivity (Wildman–Crippen MR) is 76.5 cm³/mol. The van der Waals surface area contributed by atoms with Crippen molar-refractivity contribution in [3.05, 3.63) is 23.5 Å². The number of carboxylic acids is 2. The molecule has 0 aromatic rings. The number of carbonyl (C=O) groups is 2. The second kappa shape index (κ2) is 9.11. The summed E-state index contributed by atoms with van der Waals surface area (Å²) in [5, 5.41) is 64.8. The number of aliphatic carboxylic acids is 2. The van der Waals surface area contributed by atoms with Crippen LogP contribution in [-0.2, 0) is 19.1 Å². The summed E-state index contributed by atoms with van der Waals surface area (Å²) in [7, 11) is 0. The highest BCUT2D eigenvalue weighted by Gasteiger charge is 2.45. The molecule has 5 atom stereocenters. The van der Waals surface area contributed by atoms with Crippen LogP contribution in [0, 0.1) is 11.3 Å². The van der Waals surface area contributed by atoms with E-state index in [0.29, 0.717) is 6.08 Å². The number of aliphatic hydroxyl groups is 4. The molecule has 1 rings (SSSR count). The average Bonchev–Trinajstić information content (AvgIpc) is 2.55. The molecule has 0 bridgehead atoms. The lowest BCUT2D eigenvalue weighted by molar-refractivity contribution is -0.290. The van der Waals surface area contributed by atoms with Crippen LogP contribution in [0.15, 0.2) is 23.5 Å². The molecule has 11 heteroatoms. The fourth-order valence-corrected chi connectivity index (χ4v) is 2.00. The van der Waals surface area contributed by atoms with E-state index in [1.807, 2.05) is 0 Å². The van der Waals surface area contributed by atoms with Crippen LogP contribution in [-0.4, -0.2) is 79.9 Å². The van der Waals surface area contributed by atoms with Crippen LogP contribution in [0.3, 0.4) is 0 Å². The molecule has 0 aliphatic carbocycles. The number of allylic oxidation sites excluding steroid dienone is 2. The Balaban J connectivity index is 3.12. The molecule has 1 saturated heterocycles. The molecular weight excluding hydrogens is 342 g/mol. The Hall–Kier alpha value is -2.49. The van der Waals surface area contributed by atoms with Crippen molar-refractivity contribution in [2.24, 2.45) is 0 Å². The summed E-state index contributed by atoms with van der Waals surface area (Å²) in [4.78, 5) is 21.4. The molecule has 11 nitrogen and oxygen atoms in total. The number of hydrogen-bond donors (Lipinski definition) is 6. The predicted octanol–water partition coefficient (Wildman–Crippen LogP) is -2.30. The Labute approximate surface area is 141 Å². The Morgan fingerprint density at radius 3 is 2.24 bits per heavy atom. The molecule has 0 amide bonds. The lowest BCUT2D eigenvalue weighted by atomic mass is 9.99. The highest BCUT2D eigenvalue weighted by Crippen LogP contribution is 2.25. The molecule has 0 unspecified atom stereocenters. The van der Waals surface area contributed by atoms with E-state index in [9.17, 15) is 24.9 Å². The minimum atomic E-state index is -1.81. The van der Waals surface area contributed by atoms with Crippen LogP contribution in [0.1, 0.15) is 6.42 Å². The Morgan fingerprint density at radius 1 is 1.12 bits per heavy atom. The van der Waals surface area contributed by atoms with Gasteiger partial charge in [0.15, 0.2) is 0 Å². The first-order valence-corrected chi connectivity index (χ1v) is 6.94. The standard InChI is InChI=1S/C14H17NO10/c15-4-7(6(3-10(19)20)1-2-9(17)18)24-14-13(23)12(22)11(21)8(5-16)25-14/h1-2,8,11-14,16,21-23H,3,5H2,(H,17,18)(H,19,20)/b2-1-,7-6-/t8-,11+,12+,13+,14-/m1/s1. The van der Waals surface area contributed by atoms with Crippen molar-refractivity contribution in [3.63, 3.8) is 0 Å². The molecule has 0 spiro atoms. The zero-order valence-electron chi connectivity index (χ0n) is 12.7. The van der Waals surface area contributed by atoms with Crippen LogP contribution in [0.5, 0.6) is 0 Å². The van der Waals surface area contributed by atoms with Crippen LogP contribution in [0.2, 0.25) is 0 Å². The Kier molecular flexibility index (Phi) is 7.49. The topological polar surface area (TPSA) is 198 Å². The number of nitriles is 1. The zero-order valence-corrected chi connectivity index (χ0v) is 12.7. The highest BCUT2D eigenvalue weighted by molar-refractivity contribution is 5.81. The van der Waals surface area contributed by atoms with Gasteiger partial charge in [-0.05, 0) is 6.08 Å². The number of rotatable bonds is 7. The smallest absolute Gasteiger partial charge is 0.328 e. The first kappa shape index (κ1) is 20.6. The van der Waals surface area contributed by atoms with Gasteiger partial charge in [-0.2, -0.15) is 5.26 Å². The highest BCUT2D eigenvalue weighted by atomic mass is 16.7. The van der Waals surface area contributed by atoms with Crippen molar-refractivity contribution in [2.75, 3.05) is 6.61 Å². The number of nitrogens with zero attached hydrogens (tertiary/aromatic N) is 1. The molecule has 1 fully saturated rings. The number of aliphatic hydroxyl groups excluding tert-OH is 4. The summed E-state index contributed by atoms with van der Waals surface area (Å²) in [6.45, 7) is -0.725. The van der Waals surface area contributed by atoms with Gasteiger partial charge < -0.3 is 40.1 Å². The summed E-state index contributed by atoms with van der Waals surface area (Å²) >= 11 is 0. The van der Waals surface area contributed by atoms with Gasteiger partial charge in [-0.15, -0.1) is 0 Å². The number of ether oxygens (including phenoxy) is 2. The van der Waals surface area contributed by atoms with Crippen molar-refractivity contribution in [2.45, 2.75) is 37.1 Å². The van der Waals surface area contributed by atoms with Gasteiger partial charge in [0.25, 0.3) is 0 Å². The second-order valence-corrected chi connectivity index (χ2v) is 5.02. The fraction of sp³-hybridized carbons (Fsp3) is 0.500. The van der Waals surface area contributed by atoms with Gasteiger partial charge in [0.05, 0.1) is 13.0 Å². The fourth-order valence-electron chi connectivity index (χ4n) is 2.00. The Morgan fingerprint density at radius 2 is 1.76 bits per heavy atom. The van der Waals surface area contributed by atoms with Crippen molar-refractivity contribution < 1.29 is 49.7 Å². The van der Waals surface area contributed by atoms with Crippen molar-refractivity contribution in [3.8, 4) is 6.07 Å². The maximum atomic E-state index is 10.9. The van der Waals surface area contributed by atoms with Gasteiger partial charge in [-0.1, -0.05) is 0 Å². The monoisotopic (exact) mass is 359 g/mol. The normalized spacial score (nSPS) is 30.4. The van der Waals surface area contributed by atoms with Gasteiger partial charge in [-0.25, -0.2) is 4.79 Å². The zero-order chi connectivity index (χ0) is 19.1. The van der Waals surface area contributed by atoms with E-state index < -0.39 is 61.4 Å². The largest absolute Gasteiger partial charge is 0.481 e. The SMILES string of the molecule is N#C/C(O[C@@H]1O[C@H](CO)[C@H](O)[C@H](O)[C@@H]1O)=C(\C=C/C(=O)O)CC(=O)O. The third-order valence-electron chi connectivity index (χ3n) is 3.24. The minimum absolute atomic E-state index is 0.325. The second-order valence-electron chi connectivity index (χ2n) is 5.02. The van der Waals surface area contributed by atoms with E-state index in [2.05, 4.69) is 0 Å². The van der Waals surface area contributed by atoms with Gasteiger partial charge in [0.2, 0.25) is 12.0 Å². The van der Waals surface area contributed by atoms with Crippen LogP contribution in [0.25, 0.3) is 0 Å². The van der Waals surface area contributed by atoms with Gasteiger partial charge in [0, 0.05) is 11.6 Å². The quantitative estimate of drug-likeness (QED) is 0.124. The third-order valence-corrected chi connectivity index (χ3v) is 3.24. The summed E-state index contributed by atoms with van der Waals surface area (Å²) in [5.41, 5.74) is -0.325. The minimum Gasteiger partial charge on any atom is -0.481 e. The summed E-state index contributed by atoms with van der Waals surface area (Å²) in [6, 6.07) is 1.51. The van der Waals surface area contributed by atoms with E-state index in [1.54, 1.807) is 0 Å². The van der Waals surface area contributed by atoms with E-state index in [0.717, 1.165) is 6.08 Å². The Bertz CT molecular complexity index is 605. The van der Waals surface area contributed by atoms with Crippen LogP contribution in [0.4, 0.5) is 0 Å². The molecule has 25 heavy (non-hydrogen) atoms. The van der Waals surface area contributed by atoms with Crippen LogP contribution >= 0.6 is 0 Å². The molecule has 1 aliphatic rings. The lowest BCUT2D eigenvalue weighted by Crippen LogP contribution is -2.59. The van der Waals surface area contributed by atoms with Crippen molar-refractivity contribution in [1.29, 1.82) is 5.26 Å². The van der Waals surface area contributed by atoms with Crippen molar-refractivity contribution >= 4 is 11.9 Å². The summed E-state index contributed by atoms with van der Waals surface area (Å²) < 4.78 is 10.1. The van der Waals surface area contributed by atoms with Gasteiger partial charge in [0.1, 0.15) is 30.5 Å². The first-order chi connectivity index (χ1) is 11.7. The van der Waals surface area contributed by atoms with E-state index >= 15 is 0 Å². The summed E-state index contributed by atoms with van der Waals surface area (Å²) in [6.07, 6.45) is -7.54. The third kappa shape index (κ3) is 5.52. The molecule has 138 valence electrons. The van der Waals surface area contributed by atoms with E-state index in [-0.39, 0.29) is 5.57 Å². The molecule has 6 N–H and O–H groups in total. The molecule has 1 heterocycles. The molecule has 1 aliphatic heterocycles. The molecule has 0 aromatic heterocycles. The van der Waals surface area contributed by atoms with Gasteiger partial charge >= 0.3 is 11.9 Å². The number of hydrogen-bond acceptors (Lipinski definition) is 9. The van der Waals surface area contributed by atoms with Gasteiger partial charge in [-0.3, -0.25) is 4.79 Å². The van der Waals surface area contributed by atoms with Crippen molar-refractivity contribution in [1.82, 2.24) is 0 Å². The average molecular weight is 359 g/mol. The maximum absolute atomic E-state index is 10.9. The lowest BCUT2D eigenvalue weighted by Gasteiger charge is -2.39. The van der Waals surface area contributed by atoms with E-state index in [1.165, 1.54) is 6.07 Å². The molecule has 0 saturated carbocycles. The first-order valence-electron chi connectivity index (χ1n) is 6.94. The molecular formula is C14H17NO10. The number of carboxylic acid groups (broad SMARTS) is 2. The summed E-state index contributed by atoms with van der Waals surface area (Å²) in [5.74, 6) is -3.44. The van der Waals surface area contributed by atoms with E-state index in [4.69, 9.17) is 30.1 Å². The van der Waals surface area contributed by atoms with Crippen LogP contribution < -0.4 is 0 Å². The maximum Gasteiger partial charge on any atom is 0.328 e.